The van der Waals surface area contributed by atoms with Gasteiger partial charge in [0.1, 0.15) is 22.7 Å². The molecule has 1 saturated heterocycles. The molecule has 2 saturated carbocycles. The number of hydrogen-bond acceptors (Lipinski definition) is 9. The Labute approximate surface area is 255 Å². The number of thiazole rings is 1. The summed E-state index contributed by atoms with van der Waals surface area (Å²) in [6.07, 6.45) is 3.69. The van der Waals surface area contributed by atoms with Crippen LogP contribution in [0.15, 0.2) is 36.7 Å². The second-order valence-electron chi connectivity index (χ2n) is 11.2. The van der Waals surface area contributed by atoms with Crippen LogP contribution < -0.4 is 15.0 Å². The van der Waals surface area contributed by atoms with Crippen LogP contribution in [0.25, 0.3) is 21.6 Å². The Morgan fingerprint density at radius 3 is 2.68 bits per heavy atom. The molecule has 4 aromatic rings. The van der Waals surface area contributed by atoms with Crippen LogP contribution in [-0.2, 0) is 4.79 Å². The number of benzene rings is 1. The van der Waals surface area contributed by atoms with Gasteiger partial charge in [0.2, 0.25) is 5.91 Å². The van der Waals surface area contributed by atoms with E-state index in [2.05, 4.69) is 42.0 Å². The maximum atomic E-state index is 13.8. The van der Waals surface area contributed by atoms with Crippen molar-refractivity contribution in [2.24, 2.45) is 5.92 Å². The van der Waals surface area contributed by atoms with E-state index in [0.29, 0.717) is 46.4 Å². The fourth-order valence-corrected chi connectivity index (χ4v) is 6.21. The molecule has 1 spiro atoms. The number of ether oxygens (including phenoxy) is 1. The number of rotatable bonds is 6. The molecule has 1 aliphatic heterocycles. The second kappa shape index (κ2) is 10.9. The van der Waals surface area contributed by atoms with Crippen molar-refractivity contribution in [1.82, 2.24) is 24.8 Å². The molecule has 1 N–H and O–H groups in total. The Morgan fingerprint density at radius 2 is 1.95 bits per heavy atom. The number of alkyl halides is 2. The average molecular weight is 616 g/mol. The second-order valence-corrected chi connectivity index (χ2v) is 12.1. The number of nitrogens with one attached hydrogen (secondary N) is 1. The van der Waals surface area contributed by atoms with E-state index < -0.39 is 23.6 Å². The minimum Gasteiger partial charge on any atom is -0.494 e. The zero-order chi connectivity index (χ0) is 30.6. The molecular weight excluding hydrogens is 588 g/mol. The minimum atomic E-state index is -2.84. The first-order valence-electron chi connectivity index (χ1n) is 14.2. The molecule has 3 aliphatic rings. The van der Waals surface area contributed by atoms with E-state index in [0.717, 1.165) is 37.0 Å². The van der Waals surface area contributed by atoms with Crippen LogP contribution in [-0.4, -0.2) is 69.4 Å². The Balaban J connectivity index is 1.26. The molecule has 0 radical (unpaired) electrons. The van der Waals surface area contributed by atoms with E-state index in [-0.39, 0.29) is 27.9 Å². The van der Waals surface area contributed by atoms with Gasteiger partial charge in [-0.25, -0.2) is 18.7 Å². The van der Waals surface area contributed by atoms with Gasteiger partial charge in [-0.05, 0) is 62.9 Å². The molecule has 1 aromatic carbocycles. The third kappa shape index (κ3) is 5.14. The molecule has 44 heavy (non-hydrogen) atoms. The van der Waals surface area contributed by atoms with E-state index in [1.165, 1.54) is 19.4 Å². The average Bonchev–Trinajstić information content (AvgIpc) is 3.96. The zero-order valence-electron chi connectivity index (χ0n) is 23.9. The molecule has 0 bridgehead atoms. The van der Waals surface area contributed by atoms with Crippen molar-refractivity contribution < 1.29 is 23.1 Å². The summed E-state index contributed by atoms with van der Waals surface area (Å²) in [5.74, 6) is 6.28. The maximum Gasteiger partial charge on any atom is 0.280 e. The number of aromatic nitrogens is 4. The van der Waals surface area contributed by atoms with Gasteiger partial charge in [0, 0.05) is 41.4 Å². The normalized spacial score (nSPS) is 17.6. The summed E-state index contributed by atoms with van der Waals surface area (Å²) < 4.78 is 33.0. The number of piperazine rings is 1. The van der Waals surface area contributed by atoms with E-state index >= 15 is 0 Å². The molecule has 0 atom stereocenters. The minimum absolute atomic E-state index is 0.0139. The first-order valence-corrected chi connectivity index (χ1v) is 15.0. The van der Waals surface area contributed by atoms with Gasteiger partial charge in [-0.2, -0.15) is 4.98 Å². The third-order valence-corrected chi connectivity index (χ3v) is 9.12. The molecule has 2 amide bonds. The van der Waals surface area contributed by atoms with Crippen LogP contribution >= 0.6 is 11.3 Å². The number of hydrogen-bond donors (Lipinski definition) is 1. The van der Waals surface area contributed by atoms with Gasteiger partial charge in [0.05, 0.1) is 19.5 Å². The number of pyridine rings is 1. The van der Waals surface area contributed by atoms with Gasteiger partial charge in [0.25, 0.3) is 12.3 Å². The fourth-order valence-electron chi connectivity index (χ4n) is 5.42. The lowest BCUT2D eigenvalue weighted by molar-refractivity contribution is -0.126. The molecule has 4 heterocycles. The molecule has 13 heteroatoms. The Kier molecular flexibility index (Phi) is 6.98. The number of carbonyl (C=O) groups excluding carboxylic acids is 2. The van der Waals surface area contributed by atoms with Crippen LogP contribution in [0.2, 0.25) is 0 Å². The van der Waals surface area contributed by atoms with Crippen molar-refractivity contribution in [2.75, 3.05) is 37.5 Å². The molecule has 224 valence electrons. The van der Waals surface area contributed by atoms with Gasteiger partial charge < -0.3 is 9.64 Å². The van der Waals surface area contributed by atoms with E-state index in [4.69, 9.17) is 4.74 Å². The highest BCUT2D eigenvalue weighted by molar-refractivity contribution is 7.21. The molecule has 10 nitrogen and oxygen atoms in total. The number of amides is 2. The van der Waals surface area contributed by atoms with Gasteiger partial charge in [0.15, 0.2) is 15.6 Å². The van der Waals surface area contributed by atoms with E-state index in [1.54, 1.807) is 29.3 Å². The highest BCUT2D eigenvalue weighted by atomic mass is 32.1. The fraction of sp³-hybridized carbons (Fsp3) is 0.355. The molecule has 2 aliphatic carbocycles. The first kappa shape index (κ1) is 28.2. The van der Waals surface area contributed by atoms with Crippen LogP contribution in [0.4, 0.5) is 19.6 Å². The lowest BCUT2D eigenvalue weighted by Gasteiger charge is -2.39. The van der Waals surface area contributed by atoms with Crippen molar-refractivity contribution >= 4 is 44.4 Å². The number of likely N-dealkylation sites (N-methyl/N-ethyl adjacent to an activating group) is 1. The zero-order valence-corrected chi connectivity index (χ0v) is 24.8. The Bertz CT molecular complexity index is 1880. The van der Waals surface area contributed by atoms with Gasteiger partial charge in [-0.1, -0.05) is 17.3 Å². The predicted molar refractivity (Wildman–Crippen MR) is 161 cm³/mol. The van der Waals surface area contributed by atoms with Crippen LogP contribution in [0.5, 0.6) is 5.75 Å². The number of halogens is 2. The smallest absolute Gasteiger partial charge is 0.280 e. The lowest BCUT2D eigenvalue weighted by Crippen LogP contribution is -2.57. The standard InChI is InChI=1S/C31H27F2N7O3S/c1-39-11-12-40(29(42)31(39)9-10-31)19-7-8-20(21(13-19)22-14-23(25(32)33)34-16-24(22)43-2)27(41)38-30-37-26-28(44-30)36-18(15-35-26)6-5-17-3-4-17/h7-8,13-17,25H,3-4,9-12H2,1-2H3,(H,35,37,38,41). The number of nitrogens with zero attached hydrogens (tertiary/aromatic N) is 6. The SMILES string of the molecule is COc1cnc(C(F)F)cc1-c1cc(N2CCN(C)C3(CC3)C2=O)ccc1C(=O)Nc1nc2ncc(C#CC3CC3)nc2s1. The Hall–Kier alpha value is -4.54. The van der Waals surface area contributed by atoms with Crippen LogP contribution in [0.3, 0.4) is 0 Å². The topological polar surface area (TPSA) is 113 Å². The summed E-state index contributed by atoms with van der Waals surface area (Å²) in [5.41, 5.74) is 1.24. The summed E-state index contributed by atoms with van der Waals surface area (Å²) in [6, 6.07) is 6.17. The van der Waals surface area contributed by atoms with E-state index in [9.17, 15) is 18.4 Å². The van der Waals surface area contributed by atoms with Crippen LogP contribution in [0, 0.1) is 17.8 Å². The molecule has 7 rings (SSSR count). The van der Waals surface area contributed by atoms with Crippen molar-refractivity contribution in [3.8, 4) is 28.7 Å². The number of methoxy groups -OCH3 is 1. The van der Waals surface area contributed by atoms with Crippen molar-refractivity contribution in [2.45, 2.75) is 37.6 Å². The summed E-state index contributed by atoms with van der Waals surface area (Å²) in [4.78, 5) is 48.7. The van der Waals surface area contributed by atoms with Crippen molar-refractivity contribution in [1.29, 1.82) is 0 Å². The monoisotopic (exact) mass is 615 g/mol. The highest BCUT2D eigenvalue weighted by Gasteiger charge is 2.57. The molecule has 3 aromatic heterocycles. The van der Waals surface area contributed by atoms with Gasteiger partial charge >= 0.3 is 0 Å². The van der Waals surface area contributed by atoms with Gasteiger partial charge in [-0.3, -0.25) is 24.8 Å². The molecule has 0 unspecified atom stereocenters. The number of fused-ring (bicyclic) bond motifs is 1. The summed E-state index contributed by atoms with van der Waals surface area (Å²) >= 11 is 1.16. The summed E-state index contributed by atoms with van der Waals surface area (Å²) in [5, 5.41) is 3.08. The maximum absolute atomic E-state index is 13.8. The first-order chi connectivity index (χ1) is 21.3. The van der Waals surface area contributed by atoms with Gasteiger partial charge in [-0.15, -0.1) is 0 Å². The number of carbonyl (C=O) groups is 2. The quantitative estimate of drug-likeness (QED) is 0.304. The summed E-state index contributed by atoms with van der Waals surface area (Å²) in [7, 11) is 3.35. The predicted octanol–water partition coefficient (Wildman–Crippen LogP) is 4.92. The lowest BCUT2D eigenvalue weighted by atomic mass is 9.96. The highest BCUT2D eigenvalue weighted by Crippen LogP contribution is 2.46. The van der Waals surface area contributed by atoms with Crippen molar-refractivity contribution in [3.05, 3.63) is 53.6 Å². The number of anilines is 2. The largest absolute Gasteiger partial charge is 0.494 e. The van der Waals surface area contributed by atoms with E-state index in [1.807, 2.05) is 7.05 Å². The molecule has 3 fully saturated rings. The Morgan fingerprint density at radius 1 is 1.14 bits per heavy atom. The summed E-state index contributed by atoms with van der Waals surface area (Å²) in [6.45, 7) is 1.14. The van der Waals surface area contributed by atoms with Crippen molar-refractivity contribution in [3.63, 3.8) is 0 Å². The molecular formula is C31H27F2N7O3S. The van der Waals surface area contributed by atoms with Crippen LogP contribution in [0.1, 0.15) is 53.9 Å². The third-order valence-electron chi connectivity index (χ3n) is 8.26.